The fraction of sp³-hybridized carbons (Fsp3) is 0.500. The summed E-state index contributed by atoms with van der Waals surface area (Å²) in [6, 6.07) is 7.47. The first-order chi connectivity index (χ1) is 10.1. The van der Waals surface area contributed by atoms with Crippen molar-refractivity contribution in [2.75, 3.05) is 18.5 Å². The van der Waals surface area contributed by atoms with Crippen LogP contribution >= 0.6 is 0 Å². The molecular formula is C16H24N2O3. The SMILES string of the molecule is CC(C)c1ccccc1NC(=O)C(=O)NCCCCCO. The zero-order valence-electron chi connectivity index (χ0n) is 12.7. The van der Waals surface area contributed by atoms with Crippen molar-refractivity contribution in [3.8, 4) is 0 Å². The smallest absolute Gasteiger partial charge is 0.313 e. The number of carbonyl (C=O) groups excluding carboxylic acids is 2. The van der Waals surface area contributed by atoms with Gasteiger partial charge in [0.15, 0.2) is 0 Å². The summed E-state index contributed by atoms with van der Waals surface area (Å²) in [6.45, 7) is 4.66. The van der Waals surface area contributed by atoms with Gasteiger partial charge in [-0.25, -0.2) is 0 Å². The fourth-order valence-corrected chi connectivity index (χ4v) is 1.99. The van der Waals surface area contributed by atoms with E-state index in [0.717, 1.165) is 18.4 Å². The van der Waals surface area contributed by atoms with E-state index in [1.807, 2.05) is 32.0 Å². The Morgan fingerprint density at radius 2 is 1.81 bits per heavy atom. The average Bonchev–Trinajstić information content (AvgIpc) is 2.47. The van der Waals surface area contributed by atoms with Gasteiger partial charge in [0.1, 0.15) is 0 Å². The highest BCUT2D eigenvalue weighted by Gasteiger charge is 2.15. The van der Waals surface area contributed by atoms with Gasteiger partial charge >= 0.3 is 11.8 Å². The minimum atomic E-state index is -0.648. The topological polar surface area (TPSA) is 78.4 Å². The normalized spacial score (nSPS) is 10.5. The Hall–Kier alpha value is -1.88. The lowest BCUT2D eigenvalue weighted by atomic mass is 10.0. The first-order valence-electron chi connectivity index (χ1n) is 7.35. The summed E-state index contributed by atoms with van der Waals surface area (Å²) in [5.74, 6) is -1.01. The highest BCUT2D eigenvalue weighted by molar-refractivity contribution is 6.39. The molecule has 2 amide bonds. The molecule has 0 heterocycles. The number of hydrogen-bond acceptors (Lipinski definition) is 3. The Labute approximate surface area is 125 Å². The zero-order chi connectivity index (χ0) is 15.7. The monoisotopic (exact) mass is 292 g/mol. The summed E-state index contributed by atoms with van der Waals surface area (Å²) in [5, 5.41) is 13.9. The third kappa shape index (κ3) is 5.95. The molecule has 0 unspecified atom stereocenters. The van der Waals surface area contributed by atoms with Crippen LogP contribution in [0.2, 0.25) is 0 Å². The quantitative estimate of drug-likeness (QED) is 0.531. The Morgan fingerprint density at radius 3 is 2.48 bits per heavy atom. The second-order valence-electron chi connectivity index (χ2n) is 5.24. The minimum Gasteiger partial charge on any atom is -0.396 e. The Balaban J connectivity index is 2.47. The maximum Gasteiger partial charge on any atom is 0.313 e. The lowest BCUT2D eigenvalue weighted by molar-refractivity contribution is -0.136. The minimum absolute atomic E-state index is 0.153. The van der Waals surface area contributed by atoms with Gasteiger partial charge in [-0.3, -0.25) is 9.59 Å². The molecule has 1 aromatic carbocycles. The summed E-state index contributed by atoms with van der Waals surface area (Å²) in [6.07, 6.45) is 2.29. The molecule has 0 aliphatic carbocycles. The van der Waals surface area contributed by atoms with E-state index in [2.05, 4.69) is 10.6 Å². The van der Waals surface area contributed by atoms with Gasteiger partial charge in [0.25, 0.3) is 0 Å². The van der Waals surface area contributed by atoms with Crippen LogP contribution in [0.25, 0.3) is 0 Å². The molecule has 0 saturated heterocycles. The second kappa shape index (κ2) is 9.13. The van der Waals surface area contributed by atoms with Crippen molar-refractivity contribution >= 4 is 17.5 Å². The van der Waals surface area contributed by atoms with Gasteiger partial charge < -0.3 is 15.7 Å². The number of unbranched alkanes of at least 4 members (excludes halogenated alkanes) is 2. The maximum atomic E-state index is 11.8. The van der Waals surface area contributed by atoms with Gasteiger partial charge in [0.2, 0.25) is 0 Å². The van der Waals surface area contributed by atoms with Gasteiger partial charge in [0.05, 0.1) is 0 Å². The predicted molar refractivity (Wildman–Crippen MR) is 83.1 cm³/mol. The van der Waals surface area contributed by atoms with Crippen molar-refractivity contribution in [1.82, 2.24) is 5.32 Å². The number of aliphatic hydroxyl groups is 1. The predicted octanol–water partition coefficient (Wildman–Crippen LogP) is 2.03. The largest absolute Gasteiger partial charge is 0.396 e. The van der Waals surface area contributed by atoms with E-state index >= 15 is 0 Å². The van der Waals surface area contributed by atoms with Crippen LogP contribution in [0.5, 0.6) is 0 Å². The molecule has 1 rings (SSSR count). The third-order valence-corrected chi connectivity index (χ3v) is 3.16. The van der Waals surface area contributed by atoms with E-state index in [1.54, 1.807) is 6.07 Å². The highest BCUT2D eigenvalue weighted by atomic mass is 16.3. The molecule has 3 N–H and O–H groups in total. The molecule has 0 saturated carbocycles. The number of anilines is 1. The molecule has 0 aromatic heterocycles. The number of hydrogen-bond donors (Lipinski definition) is 3. The van der Waals surface area contributed by atoms with Crippen molar-refractivity contribution in [3.05, 3.63) is 29.8 Å². The number of amides is 2. The number of carbonyl (C=O) groups is 2. The van der Waals surface area contributed by atoms with Crippen LogP contribution in [0.15, 0.2) is 24.3 Å². The van der Waals surface area contributed by atoms with Crippen LogP contribution in [0.3, 0.4) is 0 Å². The standard InChI is InChI=1S/C16H24N2O3/c1-12(2)13-8-4-5-9-14(13)18-16(21)15(20)17-10-6-3-7-11-19/h4-5,8-9,12,19H,3,6-7,10-11H2,1-2H3,(H,17,20)(H,18,21). The summed E-state index contributed by atoms with van der Waals surface area (Å²) in [5.41, 5.74) is 1.68. The molecule has 0 aliphatic heterocycles. The molecule has 0 atom stereocenters. The van der Waals surface area contributed by atoms with Crippen LogP contribution in [0.1, 0.15) is 44.6 Å². The van der Waals surface area contributed by atoms with Gasteiger partial charge in [-0.05, 0) is 36.8 Å². The van der Waals surface area contributed by atoms with Gasteiger partial charge in [0, 0.05) is 18.8 Å². The Morgan fingerprint density at radius 1 is 1.10 bits per heavy atom. The molecule has 0 spiro atoms. The molecule has 0 aliphatic rings. The van der Waals surface area contributed by atoms with Gasteiger partial charge in [-0.15, -0.1) is 0 Å². The Bertz CT molecular complexity index is 472. The lowest BCUT2D eigenvalue weighted by Gasteiger charge is -2.13. The molecule has 21 heavy (non-hydrogen) atoms. The third-order valence-electron chi connectivity index (χ3n) is 3.16. The molecule has 5 nitrogen and oxygen atoms in total. The van der Waals surface area contributed by atoms with Crippen LogP contribution < -0.4 is 10.6 Å². The van der Waals surface area contributed by atoms with Crippen molar-refractivity contribution in [3.63, 3.8) is 0 Å². The zero-order valence-corrected chi connectivity index (χ0v) is 12.7. The summed E-state index contributed by atoms with van der Waals surface area (Å²) >= 11 is 0. The molecule has 5 heteroatoms. The molecule has 0 bridgehead atoms. The number of aliphatic hydroxyl groups excluding tert-OH is 1. The lowest BCUT2D eigenvalue weighted by Crippen LogP contribution is -2.36. The van der Waals surface area contributed by atoms with E-state index in [1.165, 1.54) is 0 Å². The van der Waals surface area contributed by atoms with Crippen molar-refractivity contribution in [2.24, 2.45) is 0 Å². The first kappa shape index (κ1) is 17.2. The second-order valence-corrected chi connectivity index (χ2v) is 5.24. The highest BCUT2D eigenvalue weighted by Crippen LogP contribution is 2.23. The van der Waals surface area contributed by atoms with E-state index in [9.17, 15) is 9.59 Å². The fourth-order valence-electron chi connectivity index (χ4n) is 1.99. The van der Waals surface area contributed by atoms with Gasteiger partial charge in [-0.1, -0.05) is 32.0 Å². The van der Waals surface area contributed by atoms with E-state index in [-0.39, 0.29) is 12.5 Å². The molecular weight excluding hydrogens is 268 g/mol. The molecule has 116 valence electrons. The van der Waals surface area contributed by atoms with E-state index in [0.29, 0.717) is 18.7 Å². The molecule has 1 aromatic rings. The number of para-hydroxylation sites is 1. The van der Waals surface area contributed by atoms with Crippen LogP contribution in [-0.2, 0) is 9.59 Å². The summed E-state index contributed by atoms with van der Waals surface area (Å²) < 4.78 is 0. The van der Waals surface area contributed by atoms with Crippen molar-refractivity contribution in [2.45, 2.75) is 39.0 Å². The number of nitrogens with one attached hydrogen (secondary N) is 2. The van der Waals surface area contributed by atoms with Crippen LogP contribution in [0, 0.1) is 0 Å². The first-order valence-corrected chi connectivity index (χ1v) is 7.35. The van der Waals surface area contributed by atoms with Gasteiger partial charge in [-0.2, -0.15) is 0 Å². The summed E-state index contributed by atoms with van der Waals surface area (Å²) in [7, 11) is 0. The Kier molecular flexibility index (Phi) is 7.46. The molecule has 0 fully saturated rings. The van der Waals surface area contributed by atoms with Crippen molar-refractivity contribution in [1.29, 1.82) is 0 Å². The summed E-state index contributed by atoms with van der Waals surface area (Å²) in [4.78, 5) is 23.5. The van der Waals surface area contributed by atoms with Crippen LogP contribution in [0.4, 0.5) is 5.69 Å². The number of benzene rings is 1. The van der Waals surface area contributed by atoms with E-state index in [4.69, 9.17) is 5.11 Å². The molecule has 0 radical (unpaired) electrons. The van der Waals surface area contributed by atoms with Crippen LogP contribution in [-0.4, -0.2) is 30.1 Å². The maximum absolute atomic E-state index is 11.8. The average molecular weight is 292 g/mol. The number of rotatable bonds is 7. The van der Waals surface area contributed by atoms with E-state index < -0.39 is 11.8 Å². The van der Waals surface area contributed by atoms with Crippen molar-refractivity contribution < 1.29 is 14.7 Å².